The molecule has 1 aliphatic heterocycles. The smallest absolute Gasteiger partial charge is 0.481 e. The molecule has 1 aliphatic rings. The van der Waals surface area contributed by atoms with Crippen LogP contribution in [0.1, 0.15) is 27.2 Å². The topological polar surface area (TPSA) is 78.7 Å². The van der Waals surface area contributed by atoms with Crippen molar-refractivity contribution < 1.29 is 31.8 Å². The number of aromatic nitrogens is 1. The van der Waals surface area contributed by atoms with Crippen LogP contribution in [-0.2, 0) is 0 Å². The normalized spacial score (nSPS) is 13.4. The van der Waals surface area contributed by atoms with Crippen LogP contribution in [0.5, 0.6) is 11.6 Å². The van der Waals surface area contributed by atoms with Crippen LogP contribution in [0.2, 0.25) is 0 Å². The standard InChI is InChI=1S/C24H18F4N4O3/c1-13-8-16(25)4-5-18(13)31-12-32(19-6-7-22(34-3)30-14(19)2)23(33)17-9-15(11-29)21(10-20(17)31)35-24(26,27)28/h4-10H,12H2,1-3H3. The molecule has 35 heavy (non-hydrogen) atoms. The van der Waals surface area contributed by atoms with Gasteiger partial charge in [0.25, 0.3) is 5.91 Å². The summed E-state index contributed by atoms with van der Waals surface area (Å²) < 4.78 is 62.0. The van der Waals surface area contributed by atoms with Gasteiger partial charge in [-0.05, 0) is 49.7 Å². The summed E-state index contributed by atoms with van der Waals surface area (Å²) in [4.78, 5) is 20.7. The number of benzene rings is 2. The number of carbonyl (C=O) groups excluding carboxylic acids is 1. The number of carbonyl (C=O) groups is 1. The maximum Gasteiger partial charge on any atom is 0.573 e. The van der Waals surface area contributed by atoms with E-state index in [1.807, 2.05) is 0 Å². The molecule has 7 nitrogen and oxygen atoms in total. The predicted octanol–water partition coefficient (Wildman–Crippen LogP) is 5.37. The number of alkyl halides is 3. The number of amides is 1. The summed E-state index contributed by atoms with van der Waals surface area (Å²) in [6.07, 6.45) is -5.05. The number of ether oxygens (including phenoxy) is 2. The molecule has 0 bridgehead atoms. The van der Waals surface area contributed by atoms with E-state index in [1.165, 1.54) is 30.2 Å². The molecule has 0 atom stereocenters. The zero-order valence-electron chi connectivity index (χ0n) is 18.8. The number of nitrogens with zero attached hydrogens (tertiary/aromatic N) is 4. The van der Waals surface area contributed by atoms with Crippen molar-refractivity contribution in [2.24, 2.45) is 0 Å². The van der Waals surface area contributed by atoms with Crippen LogP contribution < -0.4 is 19.3 Å². The fourth-order valence-corrected chi connectivity index (χ4v) is 3.93. The Hall–Kier alpha value is -4.33. The van der Waals surface area contributed by atoms with E-state index in [2.05, 4.69) is 9.72 Å². The molecule has 4 rings (SSSR count). The summed E-state index contributed by atoms with van der Waals surface area (Å²) in [5, 5.41) is 9.44. The number of rotatable bonds is 4. The number of aryl methyl sites for hydroxylation is 2. The van der Waals surface area contributed by atoms with E-state index in [0.717, 1.165) is 12.1 Å². The van der Waals surface area contributed by atoms with E-state index in [0.29, 0.717) is 28.5 Å². The van der Waals surface area contributed by atoms with Crippen LogP contribution in [0.4, 0.5) is 34.6 Å². The Balaban J connectivity index is 1.93. The van der Waals surface area contributed by atoms with Gasteiger partial charge in [-0.1, -0.05) is 0 Å². The van der Waals surface area contributed by atoms with Crippen LogP contribution in [0.3, 0.4) is 0 Å². The van der Waals surface area contributed by atoms with E-state index < -0.39 is 29.4 Å². The minimum absolute atomic E-state index is 0.0266. The molecule has 0 aliphatic carbocycles. The van der Waals surface area contributed by atoms with Crippen molar-refractivity contribution in [3.05, 3.63) is 70.7 Å². The van der Waals surface area contributed by atoms with Crippen molar-refractivity contribution in [1.29, 1.82) is 5.26 Å². The maximum absolute atomic E-state index is 13.8. The zero-order chi connectivity index (χ0) is 25.5. The monoisotopic (exact) mass is 486 g/mol. The summed E-state index contributed by atoms with van der Waals surface area (Å²) >= 11 is 0. The van der Waals surface area contributed by atoms with Crippen molar-refractivity contribution in [1.82, 2.24) is 4.98 Å². The van der Waals surface area contributed by atoms with Gasteiger partial charge in [0.15, 0.2) is 0 Å². The van der Waals surface area contributed by atoms with Crippen molar-refractivity contribution in [3.8, 4) is 17.7 Å². The molecule has 0 saturated heterocycles. The molecule has 180 valence electrons. The summed E-state index contributed by atoms with van der Waals surface area (Å²) in [5.74, 6) is -1.45. The van der Waals surface area contributed by atoms with Gasteiger partial charge in [0, 0.05) is 17.8 Å². The largest absolute Gasteiger partial charge is 0.573 e. The molecular weight excluding hydrogens is 468 g/mol. The minimum Gasteiger partial charge on any atom is -0.481 e. The lowest BCUT2D eigenvalue weighted by atomic mass is 10.0. The van der Waals surface area contributed by atoms with Gasteiger partial charge in [0.2, 0.25) is 5.88 Å². The van der Waals surface area contributed by atoms with Gasteiger partial charge < -0.3 is 14.4 Å². The summed E-state index contributed by atoms with van der Waals surface area (Å²) in [6, 6.07) is 10.8. The van der Waals surface area contributed by atoms with Crippen molar-refractivity contribution in [2.75, 3.05) is 23.6 Å². The molecule has 2 heterocycles. The molecule has 0 N–H and O–H groups in total. The molecule has 0 saturated carbocycles. The molecule has 0 fully saturated rings. The van der Waals surface area contributed by atoms with Gasteiger partial charge >= 0.3 is 6.36 Å². The van der Waals surface area contributed by atoms with Gasteiger partial charge in [0.1, 0.15) is 24.3 Å². The number of anilines is 3. The lowest BCUT2D eigenvalue weighted by Crippen LogP contribution is -2.45. The zero-order valence-corrected chi connectivity index (χ0v) is 18.8. The van der Waals surface area contributed by atoms with E-state index in [1.54, 1.807) is 36.9 Å². The maximum atomic E-state index is 13.8. The highest BCUT2D eigenvalue weighted by Crippen LogP contribution is 2.42. The first-order valence-corrected chi connectivity index (χ1v) is 10.2. The van der Waals surface area contributed by atoms with Crippen molar-refractivity contribution in [3.63, 3.8) is 0 Å². The average molecular weight is 486 g/mol. The SMILES string of the molecule is COc1ccc(N2CN(c3ccc(F)cc3C)c3cc(OC(F)(F)F)c(C#N)cc3C2=O)c(C)n1. The van der Waals surface area contributed by atoms with Gasteiger partial charge in [-0.3, -0.25) is 9.69 Å². The van der Waals surface area contributed by atoms with Gasteiger partial charge in [-0.15, -0.1) is 13.2 Å². The fourth-order valence-electron chi connectivity index (χ4n) is 3.93. The van der Waals surface area contributed by atoms with E-state index in [9.17, 15) is 27.6 Å². The average Bonchev–Trinajstić information content (AvgIpc) is 2.79. The highest BCUT2D eigenvalue weighted by Gasteiger charge is 2.37. The number of methoxy groups -OCH3 is 1. The Morgan fingerprint density at radius 2 is 1.74 bits per heavy atom. The molecule has 3 aromatic rings. The molecule has 1 aromatic heterocycles. The number of hydrogen-bond acceptors (Lipinski definition) is 6. The summed E-state index contributed by atoms with van der Waals surface area (Å²) in [6.45, 7) is 3.19. The molecule has 0 radical (unpaired) electrons. The lowest BCUT2D eigenvalue weighted by Gasteiger charge is -2.39. The molecule has 0 unspecified atom stereocenters. The van der Waals surface area contributed by atoms with Gasteiger partial charge in [-0.2, -0.15) is 5.26 Å². The highest BCUT2D eigenvalue weighted by molar-refractivity contribution is 6.13. The third-order valence-electron chi connectivity index (χ3n) is 5.48. The first-order chi connectivity index (χ1) is 16.5. The van der Waals surface area contributed by atoms with E-state index in [4.69, 9.17) is 4.74 Å². The van der Waals surface area contributed by atoms with Crippen LogP contribution in [-0.4, -0.2) is 31.0 Å². The van der Waals surface area contributed by atoms with Gasteiger partial charge in [0.05, 0.1) is 35.3 Å². The molecule has 1 amide bonds. The van der Waals surface area contributed by atoms with Crippen molar-refractivity contribution in [2.45, 2.75) is 20.2 Å². The Labute approximate surface area is 197 Å². The minimum atomic E-state index is -5.05. The molecule has 0 spiro atoms. The first kappa shape index (κ1) is 23.8. The Morgan fingerprint density at radius 3 is 2.34 bits per heavy atom. The highest BCUT2D eigenvalue weighted by atomic mass is 19.4. The lowest BCUT2D eigenvalue weighted by molar-refractivity contribution is -0.274. The summed E-state index contributed by atoms with van der Waals surface area (Å²) in [7, 11) is 1.45. The van der Waals surface area contributed by atoms with Crippen LogP contribution in [0.25, 0.3) is 0 Å². The second-order valence-electron chi connectivity index (χ2n) is 7.72. The van der Waals surface area contributed by atoms with E-state index in [-0.39, 0.29) is 17.9 Å². The number of nitriles is 1. The first-order valence-electron chi connectivity index (χ1n) is 10.2. The second kappa shape index (κ2) is 8.79. The Kier molecular flexibility index (Phi) is 5.98. The van der Waals surface area contributed by atoms with Gasteiger partial charge in [-0.25, -0.2) is 9.37 Å². The van der Waals surface area contributed by atoms with E-state index >= 15 is 0 Å². The third kappa shape index (κ3) is 4.55. The third-order valence-corrected chi connectivity index (χ3v) is 5.48. The summed E-state index contributed by atoms with van der Waals surface area (Å²) in [5.41, 5.74) is 1.43. The molecule has 11 heteroatoms. The molecule has 2 aromatic carbocycles. The van der Waals surface area contributed by atoms with Crippen LogP contribution in [0.15, 0.2) is 42.5 Å². The number of halogens is 4. The second-order valence-corrected chi connectivity index (χ2v) is 7.72. The quantitative estimate of drug-likeness (QED) is 0.462. The number of hydrogen-bond donors (Lipinski definition) is 0. The number of pyridine rings is 1. The fraction of sp³-hybridized carbons (Fsp3) is 0.208. The van der Waals surface area contributed by atoms with Crippen LogP contribution >= 0.6 is 0 Å². The van der Waals surface area contributed by atoms with Crippen molar-refractivity contribution >= 4 is 23.0 Å². The molecular formula is C24H18F4N4O3. The Bertz CT molecular complexity index is 1370. The Morgan fingerprint density at radius 1 is 1.03 bits per heavy atom. The predicted molar refractivity (Wildman–Crippen MR) is 118 cm³/mol. The number of fused-ring (bicyclic) bond motifs is 1. The van der Waals surface area contributed by atoms with Crippen LogP contribution in [0, 0.1) is 31.0 Å².